The fraction of sp³-hybridized carbons (Fsp3) is 0.273. The van der Waals surface area contributed by atoms with Gasteiger partial charge in [-0.15, -0.1) is 0 Å². The molecule has 2 rings (SSSR count). The molecule has 2 nitrogen and oxygen atoms in total. The standard InChI is InChI=1S/C11H12FNO/c1-3-9-5-7-4-8(12)6-10(14-2)11(7)13-9/h4-6,13H,3H2,1-2H3. The van der Waals surface area contributed by atoms with E-state index in [4.69, 9.17) is 4.74 Å². The average molecular weight is 193 g/mol. The zero-order valence-corrected chi connectivity index (χ0v) is 8.23. The Balaban J connectivity index is 2.71. The zero-order chi connectivity index (χ0) is 10.1. The van der Waals surface area contributed by atoms with Gasteiger partial charge in [-0.3, -0.25) is 0 Å². The van der Waals surface area contributed by atoms with Gasteiger partial charge in [0.25, 0.3) is 0 Å². The summed E-state index contributed by atoms with van der Waals surface area (Å²) in [5.74, 6) is 0.288. The van der Waals surface area contributed by atoms with Crippen LogP contribution in [0.4, 0.5) is 4.39 Å². The predicted molar refractivity (Wildman–Crippen MR) is 54.2 cm³/mol. The molecule has 0 saturated heterocycles. The number of hydrogen-bond acceptors (Lipinski definition) is 1. The zero-order valence-electron chi connectivity index (χ0n) is 8.23. The first-order valence-electron chi connectivity index (χ1n) is 4.59. The van der Waals surface area contributed by atoms with Crippen molar-refractivity contribution < 1.29 is 9.13 Å². The van der Waals surface area contributed by atoms with Crippen LogP contribution in [0, 0.1) is 5.82 Å². The van der Waals surface area contributed by atoms with Gasteiger partial charge in [0.2, 0.25) is 0 Å². The summed E-state index contributed by atoms with van der Waals surface area (Å²) in [6.45, 7) is 2.05. The summed E-state index contributed by atoms with van der Waals surface area (Å²) < 4.78 is 18.2. The van der Waals surface area contributed by atoms with E-state index >= 15 is 0 Å². The highest BCUT2D eigenvalue weighted by atomic mass is 19.1. The molecule has 0 atom stereocenters. The average Bonchev–Trinajstić information content (AvgIpc) is 2.59. The third-order valence-corrected chi connectivity index (χ3v) is 2.31. The van der Waals surface area contributed by atoms with Gasteiger partial charge in [-0.1, -0.05) is 6.92 Å². The molecule has 0 unspecified atom stereocenters. The second-order valence-corrected chi connectivity index (χ2v) is 3.22. The summed E-state index contributed by atoms with van der Waals surface area (Å²) >= 11 is 0. The molecule has 3 heteroatoms. The van der Waals surface area contributed by atoms with Gasteiger partial charge in [0.15, 0.2) is 0 Å². The van der Waals surface area contributed by atoms with Crippen LogP contribution in [0.25, 0.3) is 10.9 Å². The lowest BCUT2D eigenvalue weighted by atomic mass is 10.2. The number of H-pyrrole nitrogens is 1. The summed E-state index contributed by atoms with van der Waals surface area (Å²) in [6, 6.07) is 4.84. The minimum absolute atomic E-state index is 0.268. The molecule has 2 aromatic rings. The van der Waals surface area contributed by atoms with Crippen LogP contribution < -0.4 is 4.74 Å². The van der Waals surface area contributed by atoms with E-state index in [1.165, 1.54) is 12.1 Å². The molecule has 0 aliphatic rings. The smallest absolute Gasteiger partial charge is 0.145 e. The summed E-state index contributed by atoms with van der Waals surface area (Å²) in [5, 5.41) is 0.860. The lowest BCUT2D eigenvalue weighted by Gasteiger charge is -2.01. The van der Waals surface area contributed by atoms with Crippen molar-refractivity contribution in [1.29, 1.82) is 0 Å². The highest BCUT2D eigenvalue weighted by molar-refractivity contribution is 5.86. The number of nitrogens with one attached hydrogen (secondary N) is 1. The Morgan fingerprint density at radius 1 is 1.36 bits per heavy atom. The molecule has 1 aromatic carbocycles. The monoisotopic (exact) mass is 193 g/mol. The molecule has 74 valence electrons. The fourth-order valence-corrected chi connectivity index (χ4v) is 1.59. The van der Waals surface area contributed by atoms with Crippen LogP contribution in [0.5, 0.6) is 5.75 Å². The van der Waals surface area contributed by atoms with Crippen molar-refractivity contribution in [1.82, 2.24) is 4.98 Å². The molecular formula is C11H12FNO. The van der Waals surface area contributed by atoms with Crippen LogP contribution in [-0.4, -0.2) is 12.1 Å². The molecule has 0 aliphatic carbocycles. The lowest BCUT2D eigenvalue weighted by Crippen LogP contribution is -1.86. The molecule has 0 saturated carbocycles. The summed E-state index contributed by atoms with van der Waals surface area (Å²) in [7, 11) is 1.54. The molecular weight excluding hydrogens is 181 g/mol. The Bertz CT molecular complexity index is 462. The first-order chi connectivity index (χ1) is 6.74. The first-order valence-corrected chi connectivity index (χ1v) is 4.59. The minimum Gasteiger partial charge on any atom is -0.494 e. The molecule has 0 radical (unpaired) electrons. The molecule has 0 fully saturated rings. The Hall–Kier alpha value is -1.51. The number of aromatic nitrogens is 1. The second-order valence-electron chi connectivity index (χ2n) is 3.22. The third kappa shape index (κ3) is 1.35. The van der Waals surface area contributed by atoms with Crippen LogP contribution in [0.1, 0.15) is 12.6 Å². The van der Waals surface area contributed by atoms with E-state index in [1.807, 2.05) is 13.0 Å². The Kier molecular flexibility index (Phi) is 2.15. The maximum atomic E-state index is 13.1. The summed E-state index contributed by atoms with van der Waals surface area (Å²) in [4.78, 5) is 3.20. The van der Waals surface area contributed by atoms with E-state index in [0.717, 1.165) is 23.0 Å². The number of benzene rings is 1. The van der Waals surface area contributed by atoms with Crippen LogP contribution in [-0.2, 0) is 6.42 Å². The molecule has 1 N–H and O–H groups in total. The minimum atomic E-state index is -0.268. The Labute approximate surface area is 81.7 Å². The van der Waals surface area contributed by atoms with Crippen LogP contribution in [0.2, 0.25) is 0 Å². The molecule has 14 heavy (non-hydrogen) atoms. The SMILES string of the molecule is CCc1cc2cc(F)cc(OC)c2[nH]1. The van der Waals surface area contributed by atoms with E-state index < -0.39 is 0 Å². The number of aromatic amines is 1. The number of methoxy groups -OCH3 is 1. The predicted octanol–water partition coefficient (Wildman–Crippen LogP) is 2.88. The van der Waals surface area contributed by atoms with Crippen molar-refractivity contribution in [2.75, 3.05) is 7.11 Å². The van der Waals surface area contributed by atoms with Crippen LogP contribution in [0.3, 0.4) is 0 Å². The fourth-order valence-electron chi connectivity index (χ4n) is 1.59. The van der Waals surface area contributed by atoms with E-state index in [-0.39, 0.29) is 5.82 Å². The van der Waals surface area contributed by atoms with Gasteiger partial charge in [-0.25, -0.2) is 4.39 Å². The van der Waals surface area contributed by atoms with E-state index in [1.54, 1.807) is 7.11 Å². The normalized spacial score (nSPS) is 10.8. The Morgan fingerprint density at radius 3 is 2.79 bits per heavy atom. The van der Waals surface area contributed by atoms with Gasteiger partial charge < -0.3 is 9.72 Å². The molecule has 1 heterocycles. The van der Waals surface area contributed by atoms with Crippen molar-refractivity contribution in [2.45, 2.75) is 13.3 Å². The number of rotatable bonds is 2. The van der Waals surface area contributed by atoms with Crippen molar-refractivity contribution in [2.24, 2.45) is 0 Å². The highest BCUT2D eigenvalue weighted by Gasteiger charge is 2.07. The molecule has 1 aromatic heterocycles. The van der Waals surface area contributed by atoms with Gasteiger partial charge in [-0.2, -0.15) is 0 Å². The largest absolute Gasteiger partial charge is 0.494 e. The van der Waals surface area contributed by atoms with Crippen molar-refractivity contribution in [3.05, 3.63) is 29.7 Å². The van der Waals surface area contributed by atoms with Gasteiger partial charge in [0, 0.05) is 17.1 Å². The Morgan fingerprint density at radius 2 is 2.14 bits per heavy atom. The van der Waals surface area contributed by atoms with Crippen molar-refractivity contribution in [3.8, 4) is 5.75 Å². The number of halogens is 1. The van der Waals surface area contributed by atoms with Crippen molar-refractivity contribution >= 4 is 10.9 Å². The molecule has 0 spiro atoms. The van der Waals surface area contributed by atoms with Gasteiger partial charge in [-0.05, 0) is 18.6 Å². The number of ether oxygens (including phenoxy) is 1. The van der Waals surface area contributed by atoms with Gasteiger partial charge in [0.1, 0.15) is 11.6 Å². The topological polar surface area (TPSA) is 25.0 Å². The summed E-state index contributed by atoms with van der Waals surface area (Å²) in [5.41, 5.74) is 1.95. The number of aryl methyl sites for hydroxylation is 1. The van der Waals surface area contributed by atoms with Gasteiger partial charge >= 0.3 is 0 Å². The van der Waals surface area contributed by atoms with E-state index in [2.05, 4.69) is 4.98 Å². The summed E-state index contributed by atoms with van der Waals surface area (Å²) in [6.07, 6.45) is 0.902. The molecule has 0 aliphatic heterocycles. The van der Waals surface area contributed by atoms with Crippen molar-refractivity contribution in [3.63, 3.8) is 0 Å². The van der Waals surface area contributed by atoms with E-state index in [9.17, 15) is 4.39 Å². The second kappa shape index (κ2) is 3.33. The number of hydrogen-bond donors (Lipinski definition) is 1. The number of fused-ring (bicyclic) bond motifs is 1. The maximum Gasteiger partial charge on any atom is 0.145 e. The van der Waals surface area contributed by atoms with Crippen LogP contribution in [0.15, 0.2) is 18.2 Å². The first kappa shape index (κ1) is 9.06. The van der Waals surface area contributed by atoms with E-state index in [0.29, 0.717) is 5.75 Å². The molecule has 0 amide bonds. The molecule has 0 bridgehead atoms. The highest BCUT2D eigenvalue weighted by Crippen LogP contribution is 2.27. The quantitative estimate of drug-likeness (QED) is 0.779. The maximum absolute atomic E-state index is 13.1. The lowest BCUT2D eigenvalue weighted by molar-refractivity contribution is 0.415. The van der Waals surface area contributed by atoms with Gasteiger partial charge in [0.05, 0.1) is 12.6 Å². The third-order valence-electron chi connectivity index (χ3n) is 2.31. The van der Waals surface area contributed by atoms with Crippen LogP contribution >= 0.6 is 0 Å².